The van der Waals surface area contributed by atoms with Gasteiger partial charge in [-0.25, -0.2) is 0 Å². The van der Waals surface area contributed by atoms with Crippen LogP contribution < -0.4 is 0 Å². The van der Waals surface area contributed by atoms with Gasteiger partial charge in [-0.2, -0.15) is 0 Å². The van der Waals surface area contributed by atoms with Gasteiger partial charge in [0.15, 0.2) is 0 Å². The minimum absolute atomic E-state index is 0.0557. The van der Waals surface area contributed by atoms with Gasteiger partial charge in [0.1, 0.15) is 6.61 Å². The van der Waals surface area contributed by atoms with Crippen LogP contribution in [0.1, 0.15) is 39.5 Å². The van der Waals surface area contributed by atoms with E-state index in [-0.39, 0.29) is 5.97 Å². The summed E-state index contributed by atoms with van der Waals surface area (Å²) in [6.07, 6.45) is 5.21. The summed E-state index contributed by atoms with van der Waals surface area (Å²) in [7, 11) is 2.23. The van der Waals surface area contributed by atoms with Crippen molar-refractivity contribution >= 4 is 5.97 Å². The fraction of sp³-hybridized carbons (Fsp3) is 0.947. The predicted molar refractivity (Wildman–Crippen MR) is 98.1 cm³/mol. The second-order valence-electron chi connectivity index (χ2n) is 7.50. The molecule has 0 bridgehead atoms. The number of esters is 1. The van der Waals surface area contributed by atoms with E-state index in [4.69, 9.17) is 4.74 Å². The third-order valence-electron chi connectivity index (χ3n) is 5.98. The van der Waals surface area contributed by atoms with Crippen LogP contribution in [0.25, 0.3) is 0 Å². The molecule has 2 aliphatic rings. The van der Waals surface area contributed by atoms with E-state index in [0.29, 0.717) is 13.2 Å². The molecule has 5 heteroatoms. The van der Waals surface area contributed by atoms with E-state index in [9.17, 15) is 4.79 Å². The maximum absolute atomic E-state index is 12.0. The molecule has 0 amide bonds. The first-order valence-corrected chi connectivity index (χ1v) is 9.91. The van der Waals surface area contributed by atoms with Gasteiger partial charge in [0.25, 0.3) is 0 Å². The SMILES string of the molecule is CCN(CC)CCOC(=O)CN1CCC(C2CCN(C)CC2)CC1. The van der Waals surface area contributed by atoms with Crippen molar-refractivity contribution in [3.63, 3.8) is 0 Å². The molecule has 0 unspecified atom stereocenters. The van der Waals surface area contributed by atoms with Crippen molar-refractivity contribution in [3.05, 3.63) is 0 Å². The van der Waals surface area contributed by atoms with E-state index >= 15 is 0 Å². The number of rotatable bonds is 8. The minimum atomic E-state index is -0.0557. The second kappa shape index (κ2) is 10.4. The van der Waals surface area contributed by atoms with Gasteiger partial charge < -0.3 is 14.5 Å². The molecule has 5 nitrogen and oxygen atoms in total. The van der Waals surface area contributed by atoms with Gasteiger partial charge in [0, 0.05) is 6.54 Å². The first-order chi connectivity index (χ1) is 11.6. The Kier molecular flexibility index (Phi) is 8.50. The summed E-state index contributed by atoms with van der Waals surface area (Å²) in [5.41, 5.74) is 0. The van der Waals surface area contributed by atoms with Crippen molar-refractivity contribution in [2.24, 2.45) is 11.8 Å². The standard InChI is InChI=1S/C19H37N3O2/c1-4-21(5-2)14-15-24-19(23)16-22-12-8-18(9-13-22)17-6-10-20(3)11-7-17/h17-18H,4-16H2,1-3H3. The normalized spacial score (nSPS) is 22.2. The highest BCUT2D eigenvalue weighted by molar-refractivity contribution is 5.71. The quantitative estimate of drug-likeness (QED) is 0.632. The van der Waals surface area contributed by atoms with Crippen molar-refractivity contribution in [1.29, 1.82) is 0 Å². The van der Waals surface area contributed by atoms with Crippen LogP contribution in [-0.2, 0) is 9.53 Å². The minimum Gasteiger partial charge on any atom is -0.463 e. The topological polar surface area (TPSA) is 36.0 Å². The van der Waals surface area contributed by atoms with Crippen molar-refractivity contribution in [3.8, 4) is 0 Å². The number of hydrogen-bond acceptors (Lipinski definition) is 5. The van der Waals surface area contributed by atoms with E-state index in [1.54, 1.807) is 0 Å². The molecule has 2 heterocycles. The fourth-order valence-electron chi connectivity index (χ4n) is 4.14. The molecule has 2 aliphatic heterocycles. The van der Waals surface area contributed by atoms with E-state index in [1.807, 2.05) is 0 Å². The molecule has 0 aromatic rings. The average Bonchev–Trinajstić information content (AvgIpc) is 2.60. The zero-order chi connectivity index (χ0) is 17.4. The van der Waals surface area contributed by atoms with Crippen LogP contribution in [0.3, 0.4) is 0 Å². The van der Waals surface area contributed by atoms with Gasteiger partial charge in [-0.05, 0) is 83.8 Å². The van der Waals surface area contributed by atoms with Crippen LogP contribution in [0, 0.1) is 11.8 Å². The highest BCUT2D eigenvalue weighted by Gasteiger charge is 2.29. The molecule has 140 valence electrons. The zero-order valence-electron chi connectivity index (χ0n) is 16.0. The molecule has 0 spiro atoms. The summed E-state index contributed by atoms with van der Waals surface area (Å²) in [5, 5.41) is 0. The molecule has 24 heavy (non-hydrogen) atoms. The Morgan fingerprint density at radius 3 is 2.08 bits per heavy atom. The van der Waals surface area contributed by atoms with Crippen LogP contribution in [-0.4, -0.2) is 86.7 Å². The maximum atomic E-state index is 12.0. The van der Waals surface area contributed by atoms with Crippen LogP contribution in [0.4, 0.5) is 0 Å². The van der Waals surface area contributed by atoms with Crippen molar-refractivity contribution in [2.75, 3.05) is 66.0 Å². The zero-order valence-corrected chi connectivity index (χ0v) is 16.0. The van der Waals surface area contributed by atoms with Gasteiger partial charge in [0.05, 0.1) is 6.54 Å². The summed E-state index contributed by atoms with van der Waals surface area (Å²) in [4.78, 5) is 19.0. The third kappa shape index (κ3) is 6.34. The molecule has 0 radical (unpaired) electrons. The van der Waals surface area contributed by atoms with E-state index in [0.717, 1.165) is 44.6 Å². The highest BCUT2D eigenvalue weighted by Crippen LogP contribution is 2.32. The van der Waals surface area contributed by atoms with Crippen LogP contribution >= 0.6 is 0 Å². The molecule has 2 fully saturated rings. The highest BCUT2D eigenvalue weighted by atomic mass is 16.5. The molecule has 0 atom stereocenters. The largest absolute Gasteiger partial charge is 0.463 e. The average molecular weight is 340 g/mol. The number of carbonyl (C=O) groups is 1. The summed E-state index contributed by atoms with van der Waals surface area (Å²) < 4.78 is 5.41. The Morgan fingerprint density at radius 1 is 1.00 bits per heavy atom. The molecule has 2 saturated heterocycles. The summed E-state index contributed by atoms with van der Waals surface area (Å²) >= 11 is 0. The maximum Gasteiger partial charge on any atom is 0.320 e. The first-order valence-electron chi connectivity index (χ1n) is 9.91. The Hall–Kier alpha value is -0.650. The lowest BCUT2D eigenvalue weighted by molar-refractivity contribution is -0.145. The third-order valence-corrected chi connectivity index (χ3v) is 5.98. The number of nitrogens with zero attached hydrogens (tertiary/aromatic N) is 3. The van der Waals surface area contributed by atoms with E-state index < -0.39 is 0 Å². The van der Waals surface area contributed by atoms with Gasteiger partial charge in [-0.15, -0.1) is 0 Å². The molecule has 0 N–H and O–H groups in total. The van der Waals surface area contributed by atoms with Crippen LogP contribution in [0.2, 0.25) is 0 Å². The Morgan fingerprint density at radius 2 is 1.54 bits per heavy atom. The van der Waals surface area contributed by atoms with Gasteiger partial charge in [0.2, 0.25) is 0 Å². The van der Waals surface area contributed by atoms with Crippen LogP contribution in [0.15, 0.2) is 0 Å². The lowest BCUT2D eigenvalue weighted by Crippen LogP contribution is -2.42. The molecule has 0 aliphatic carbocycles. The van der Waals surface area contributed by atoms with Crippen LogP contribution in [0.5, 0.6) is 0 Å². The summed E-state index contributed by atoms with van der Waals surface area (Å²) in [6.45, 7) is 12.8. The molecular formula is C19H37N3O2. The van der Waals surface area contributed by atoms with E-state index in [2.05, 4.69) is 35.6 Å². The molecule has 0 aromatic heterocycles. The van der Waals surface area contributed by atoms with Crippen molar-refractivity contribution < 1.29 is 9.53 Å². The van der Waals surface area contributed by atoms with Crippen molar-refractivity contribution in [2.45, 2.75) is 39.5 Å². The molecule has 0 saturated carbocycles. The Labute approximate surface area is 148 Å². The van der Waals surface area contributed by atoms with Crippen molar-refractivity contribution in [1.82, 2.24) is 14.7 Å². The van der Waals surface area contributed by atoms with E-state index in [1.165, 1.54) is 38.8 Å². The smallest absolute Gasteiger partial charge is 0.320 e. The number of piperidine rings is 2. The number of ether oxygens (including phenoxy) is 1. The number of carbonyl (C=O) groups excluding carboxylic acids is 1. The number of likely N-dealkylation sites (N-methyl/N-ethyl adjacent to an activating group) is 1. The predicted octanol–water partition coefficient (Wildman–Crippen LogP) is 1.93. The summed E-state index contributed by atoms with van der Waals surface area (Å²) in [6, 6.07) is 0. The molecule has 2 rings (SSSR count). The second-order valence-corrected chi connectivity index (χ2v) is 7.50. The fourth-order valence-corrected chi connectivity index (χ4v) is 4.14. The Balaban J connectivity index is 1.59. The molecular weight excluding hydrogens is 302 g/mol. The lowest BCUT2D eigenvalue weighted by atomic mass is 9.79. The lowest BCUT2D eigenvalue weighted by Gasteiger charge is -2.39. The number of likely N-dealkylation sites (tertiary alicyclic amines) is 2. The molecule has 0 aromatic carbocycles. The van der Waals surface area contributed by atoms with Gasteiger partial charge in [-0.3, -0.25) is 9.69 Å². The van der Waals surface area contributed by atoms with Gasteiger partial charge in [-0.1, -0.05) is 13.8 Å². The number of hydrogen-bond donors (Lipinski definition) is 0. The summed E-state index contributed by atoms with van der Waals surface area (Å²) in [5.74, 6) is 1.72. The monoisotopic (exact) mass is 339 g/mol. The van der Waals surface area contributed by atoms with Gasteiger partial charge >= 0.3 is 5.97 Å². The first kappa shape index (κ1) is 19.7. The Bertz CT molecular complexity index is 358.